The maximum Gasteiger partial charge on any atom is 0.251 e. The van der Waals surface area contributed by atoms with Crippen molar-refractivity contribution in [2.24, 2.45) is 0 Å². The third-order valence-corrected chi connectivity index (χ3v) is 3.12. The highest BCUT2D eigenvalue weighted by atomic mass is 32.1. The molecule has 1 saturated carbocycles. The molecule has 2 N–H and O–H groups in total. The number of thiol groups is 1. The van der Waals surface area contributed by atoms with Crippen LogP contribution in [0, 0.1) is 6.92 Å². The van der Waals surface area contributed by atoms with E-state index in [4.69, 9.17) is 0 Å². The molecule has 4 nitrogen and oxygen atoms in total. The van der Waals surface area contributed by atoms with Gasteiger partial charge in [-0.1, -0.05) is 6.07 Å². The smallest absolute Gasteiger partial charge is 0.251 e. The van der Waals surface area contributed by atoms with Crippen molar-refractivity contribution < 1.29 is 9.59 Å². The average molecular weight is 264 g/mol. The van der Waals surface area contributed by atoms with Gasteiger partial charge in [0, 0.05) is 17.3 Å². The summed E-state index contributed by atoms with van der Waals surface area (Å²) in [6.07, 6.45) is 2.11. The summed E-state index contributed by atoms with van der Waals surface area (Å²) in [7, 11) is 0. The minimum absolute atomic E-state index is 0.0844. The van der Waals surface area contributed by atoms with Gasteiger partial charge >= 0.3 is 0 Å². The summed E-state index contributed by atoms with van der Waals surface area (Å²) >= 11 is 3.91. The summed E-state index contributed by atoms with van der Waals surface area (Å²) in [4.78, 5) is 23.2. The molecule has 0 radical (unpaired) electrons. The Bertz CT molecular complexity index is 484. The first kappa shape index (κ1) is 13.0. The molecule has 5 heteroatoms. The predicted octanol–water partition coefficient (Wildman–Crippen LogP) is 1.76. The monoisotopic (exact) mass is 264 g/mol. The van der Waals surface area contributed by atoms with Gasteiger partial charge < -0.3 is 10.6 Å². The topological polar surface area (TPSA) is 58.2 Å². The highest BCUT2D eigenvalue weighted by molar-refractivity contribution is 7.81. The van der Waals surface area contributed by atoms with Crippen LogP contribution in [-0.4, -0.2) is 23.6 Å². The number of aryl methyl sites for hydroxylation is 1. The van der Waals surface area contributed by atoms with Gasteiger partial charge in [0.1, 0.15) is 0 Å². The summed E-state index contributed by atoms with van der Waals surface area (Å²) in [5, 5.41) is 5.65. The zero-order chi connectivity index (χ0) is 13.1. The number of nitrogens with one attached hydrogen (secondary N) is 2. The maximum absolute atomic E-state index is 11.9. The molecule has 0 bridgehead atoms. The molecule has 0 aromatic heterocycles. The van der Waals surface area contributed by atoms with E-state index in [0.717, 1.165) is 18.4 Å². The highest BCUT2D eigenvalue weighted by Gasteiger charge is 2.23. The lowest BCUT2D eigenvalue weighted by Gasteiger charge is -2.10. The van der Waals surface area contributed by atoms with Crippen LogP contribution in [0.1, 0.15) is 28.8 Å². The van der Waals surface area contributed by atoms with E-state index < -0.39 is 0 Å². The van der Waals surface area contributed by atoms with Crippen molar-refractivity contribution in [3.8, 4) is 0 Å². The van der Waals surface area contributed by atoms with Crippen LogP contribution in [0.2, 0.25) is 0 Å². The number of amides is 2. The number of hydrogen-bond donors (Lipinski definition) is 3. The molecule has 0 unspecified atom stereocenters. The minimum atomic E-state index is -0.179. The molecular weight excluding hydrogens is 248 g/mol. The Labute approximate surface area is 112 Å². The van der Waals surface area contributed by atoms with E-state index in [2.05, 4.69) is 23.3 Å². The number of carbonyl (C=O) groups excluding carboxylic acids is 2. The van der Waals surface area contributed by atoms with E-state index in [1.165, 1.54) is 0 Å². The van der Waals surface area contributed by atoms with Crippen LogP contribution in [0.3, 0.4) is 0 Å². The molecular formula is C13H16N2O2S. The van der Waals surface area contributed by atoms with E-state index in [0.29, 0.717) is 17.3 Å². The normalized spacial score (nSPS) is 14.1. The third-order valence-electron chi connectivity index (χ3n) is 2.83. The van der Waals surface area contributed by atoms with E-state index >= 15 is 0 Å². The molecule has 96 valence electrons. The van der Waals surface area contributed by atoms with Gasteiger partial charge in [0.25, 0.3) is 5.91 Å². The van der Waals surface area contributed by atoms with Crippen molar-refractivity contribution in [2.45, 2.75) is 25.8 Å². The molecule has 1 aromatic carbocycles. The highest BCUT2D eigenvalue weighted by Crippen LogP contribution is 2.21. The molecule has 0 aliphatic heterocycles. The van der Waals surface area contributed by atoms with Gasteiger partial charge in [-0.15, -0.1) is 0 Å². The van der Waals surface area contributed by atoms with Gasteiger partial charge in [0.15, 0.2) is 0 Å². The molecule has 2 rings (SSSR count). The number of rotatable bonds is 4. The van der Waals surface area contributed by atoms with E-state index in [9.17, 15) is 9.59 Å². The molecule has 0 spiro atoms. The van der Waals surface area contributed by atoms with Crippen molar-refractivity contribution in [1.29, 1.82) is 0 Å². The number of hydrogen-bond acceptors (Lipinski definition) is 3. The Balaban J connectivity index is 2.13. The van der Waals surface area contributed by atoms with Crippen LogP contribution >= 0.6 is 12.6 Å². The van der Waals surface area contributed by atoms with Gasteiger partial charge in [-0.3, -0.25) is 9.59 Å². The second-order valence-corrected chi connectivity index (χ2v) is 4.80. The Morgan fingerprint density at radius 2 is 2.11 bits per heavy atom. The largest absolute Gasteiger partial charge is 0.349 e. The molecule has 18 heavy (non-hydrogen) atoms. The van der Waals surface area contributed by atoms with Crippen molar-refractivity contribution in [2.75, 3.05) is 11.1 Å². The lowest BCUT2D eigenvalue weighted by molar-refractivity contribution is -0.113. The number of benzene rings is 1. The average Bonchev–Trinajstić information content (AvgIpc) is 3.15. The van der Waals surface area contributed by atoms with Gasteiger partial charge in [0.2, 0.25) is 5.91 Å². The van der Waals surface area contributed by atoms with Gasteiger partial charge in [-0.2, -0.15) is 12.6 Å². The molecule has 1 aliphatic carbocycles. The lowest BCUT2D eigenvalue weighted by atomic mass is 10.1. The fourth-order valence-corrected chi connectivity index (χ4v) is 1.66. The fraction of sp³-hybridized carbons (Fsp3) is 0.385. The zero-order valence-electron chi connectivity index (χ0n) is 10.2. The molecule has 0 heterocycles. The minimum Gasteiger partial charge on any atom is -0.349 e. The summed E-state index contributed by atoms with van der Waals surface area (Å²) in [6, 6.07) is 5.63. The first-order valence-electron chi connectivity index (χ1n) is 5.92. The van der Waals surface area contributed by atoms with Crippen LogP contribution in [0.5, 0.6) is 0 Å². The van der Waals surface area contributed by atoms with Gasteiger partial charge in [-0.05, 0) is 37.5 Å². The van der Waals surface area contributed by atoms with E-state index in [1.54, 1.807) is 12.1 Å². The Morgan fingerprint density at radius 3 is 2.72 bits per heavy atom. The zero-order valence-corrected chi connectivity index (χ0v) is 11.1. The Kier molecular flexibility index (Phi) is 3.91. The summed E-state index contributed by atoms with van der Waals surface area (Å²) in [6.45, 7) is 1.89. The molecule has 2 amide bonds. The molecule has 1 aromatic rings. The number of anilines is 1. The second-order valence-electron chi connectivity index (χ2n) is 4.48. The Morgan fingerprint density at radius 1 is 1.39 bits per heavy atom. The van der Waals surface area contributed by atoms with Crippen molar-refractivity contribution in [1.82, 2.24) is 5.32 Å². The molecule has 1 fully saturated rings. The van der Waals surface area contributed by atoms with E-state index in [-0.39, 0.29) is 17.6 Å². The van der Waals surface area contributed by atoms with E-state index in [1.807, 2.05) is 13.0 Å². The van der Waals surface area contributed by atoms with Crippen molar-refractivity contribution in [3.05, 3.63) is 29.3 Å². The quantitative estimate of drug-likeness (QED) is 0.726. The summed E-state index contributed by atoms with van der Waals surface area (Å²) < 4.78 is 0. The third kappa shape index (κ3) is 3.26. The lowest BCUT2D eigenvalue weighted by Crippen LogP contribution is -2.25. The first-order chi connectivity index (χ1) is 8.60. The van der Waals surface area contributed by atoms with Crippen LogP contribution in [-0.2, 0) is 4.79 Å². The molecule has 0 saturated heterocycles. The van der Waals surface area contributed by atoms with Crippen LogP contribution < -0.4 is 10.6 Å². The predicted molar refractivity (Wildman–Crippen MR) is 74.1 cm³/mol. The van der Waals surface area contributed by atoms with Crippen molar-refractivity contribution >= 4 is 30.1 Å². The Hall–Kier alpha value is -1.49. The maximum atomic E-state index is 11.9. The second kappa shape index (κ2) is 5.44. The van der Waals surface area contributed by atoms with Crippen molar-refractivity contribution in [3.63, 3.8) is 0 Å². The number of carbonyl (C=O) groups is 2. The summed E-state index contributed by atoms with van der Waals surface area (Å²) in [5.74, 6) is -0.141. The first-order valence-corrected chi connectivity index (χ1v) is 6.55. The SMILES string of the molecule is Cc1ccc(C(=O)NC2CC2)cc1NC(=O)CS. The van der Waals surface area contributed by atoms with Crippen LogP contribution in [0.15, 0.2) is 18.2 Å². The van der Waals surface area contributed by atoms with Crippen LogP contribution in [0.4, 0.5) is 5.69 Å². The standard InChI is InChI=1S/C13H16N2O2S/c1-8-2-3-9(13(17)14-10-4-5-10)6-11(8)15-12(16)7-18/h2-3,6,10,18H,4-5,7H2,1H3,(H,14,17)(H,15,16). The van der Waals surface area contributed by atoms with Gasteiger partial charge in [0.05, 0.1) is 5.75 Å². The van der Waals surface area contributed by atoms with Crippen LogP contribution in [0.25, 0.3) is 0 Å². The molecule has 1 aliphatic rings. The molecule has 0 atom stereocenters. The fourth-order valence-electron chi connectivity index (χ4n) is 1.58. The van der Waals surface area contributed by atoms with Gasteiger partial charge in [-0.25, -0.2) is 0 Å². The summed E-state index contributed by atoms with van der Waals surface area (Å²) in [5.41, 5.74) is 2.16.